The van der Waals surface area contributed by atoms with Crippen LogP contribution in [0, 0.1) is 11.8 Å². The maximum absolute atomic E-state index is 13.1. The van der Waals surface area contributed by atoms with Crippen LogP contribution in [-0.2, 0) is 25.6 Å². The number of aliphatic hydroxyl groups excluding tert-OH is 1. The molecule has 5 atom stereocenters. The van der Waals surface area contributed by atoms with E-state index in [0.29, 0.717) is 0 Å². The van der Waals surface area contributed by atoms with Crippen molar-refractivity contribution in [3.63, 3.8) is 0 Å². The quantitative estimate of drug-likeness (QED) is 0.216. The predicted octanol–water partition coefficient (Wildman–Crippen LogP) is 0.270. The number of fused-ring (bicyclic) bond motifs is 1. The van der Waals surface area contributed by atoms with Gasteiger partial charge in [0.25, 0.3) is 0 Å². The largest absolute Gasteiger partial charge is 0.480 e. The minimum Gasteiger partial charge on any atom is -0.480 e. The molecule has 0 aliphatic carbocycles. The molecule has 0 aliphatic heterocycles. The van der Waals surface area contributed by atoms with Gasteiger partial charge in [-0.15, -0.1) is 0 Å². The highest BCUT2D eigenvalue weighted by atomic mass is 16.4. The number of nitrogens with two attached hydrogens (primary N) is 1. The van der Waals surface area contributed by atoms with Crippen LogP contribution >= 0.6 is 0 Å². The van der Waals surface area contributed by atoms with Crippen LogP contribution in [0.1, 0.15) is 40.2 Å². The van der Waals surface area contributed by atoms with Gasteiger partial charge in [-0.3, -0.25) is 14.4 Å². The van der Waals surface area contributed by atoms with E-state index >= 15 is 0 Å². The van der Waals surface area contributed by atoms with E-state index in [1.54, 1.807) is 33.9 Å². The number of carbonyl (C=O) groups excluding carboxylic acids is 3. The van der Waals surface area contributed by atoms with E-state index in [2.05, 4.69) is 20.9 Å². The number of rotatable bonds is 12. The smallest absolute Gasteiger partial charge is 0.328 e. The molecule has 11 heteroatoms. The maximum atomic E-state index is 13.1. The molecule has 2 aromatic rings. The molecule has 1 heterocycles. The highest BCUT2D eigenvalue weighted by molar-refractivity contribution is 5.94. The van der Waals surface area contributed by atoms with Crippen LogP contribution in [0.4, 0.5) is 0 Å². The molecule has 1 aromatic carbocycles. The van der Waals surface area contributed by atoms with Crippen molar-refractivity contribution >= 4 is 34.6 Å². The number of hydrogen-bond acceptors (Lipinski definition) is 6. The number of aliphatic hydroxyl groups is 1. The minimum absolute atomic E-state index is 0.259. The first-order valence-corrected chi connectivity index (χ1v) is 12.0. The van der Waals surface area contributed by atoms with Gasteiger partial charge in [0, 0.05) is 17.1 Å². The lowest BCUT2D eigenvalue weighted by Crippen LogP contribution is -2.60. The van der Waals surface area contributed by atoms with Crippen LogP contribution in [0.25, 0.3) is 10.9 Å². The van der Waals surface area contributed by atoms with Gasteiger partial charge >= 0.3 is 5.97 Å². The minimum atomic E-state index is -1.53. The number of carboxylic acids is 1. The SMILES string of the molecule is CC(C)C(NC(=O)C(N)Cc1c[nH]c2ccccc12)C(=O)NC(C(=O)NC(C(=O)O)C(C)O)C(C)C. The van der Waals surface area contributed by atoms with Crippen molar-refractivity contribution in [3.05, 3.63) is 36.0 Å². The van der Waals surface area contributed by atoms with Gasteiger partial charge in [-0.2, -0.15) is 0 Å². The normalized spacial score (nSPS) is 15.7. The van der Waals surface area contributed by atoms with Gasteiger partial charge in [-0.1, -0.05) is 45.9 Å². The van der Waals surface area contributed by atoms with Gasteiger partial charge < -0.3 is 36.9 Å². The number of para-hydroxylation sites is 1. The Balaban J connectivity index is 2.09. The van der Waals surface area contributed by atoms with Crippen LogP contribution in [0.3, 0.4) is 0 Å². The Hall–Kier alpha value is -3.44. The van der Waals surface area contributed by atoms with Crippen LogP contribution in [-0.4, -0.2) is 69.2 Å². The molecule has 198 valence electrons. The molecule has 5 unspecified atom stereocenters. The van der Waals surface area contributed by atoms with Gasteiger partial charge in [-0.05, 0) is 36.8 Å². The van der Waals surface area contributed by atoms with E-state index in [9.17, 15) is 29.4 Å². The summed E-state index contributed by atoms with van der Waals surface area (Å²) >= 11 is 0. The van der Waals surface area contributed by atoms with E-state index in [0.717, 1.165) is 16.5 Å². The topological polar surface area (TPSA) is 187 Å². The third-order valence-electron chi connectivity index (χ3n) is 5.99. The molecule has 3 amide bonds. The van der Waals surface area contributed by atoms with Crippen molar-refractivity contribution in [1.82, 2.24) is 20.9 Å². The number of amides is 3. The number of aromatic nitrogens is 1. The summed E-state index contributed by atoms with van der Waals surface area (Å²) in [5.74, 6) is -3.99. The second-order valence-corrected chi connectivity index (χ2v) is 9.70. The number of nitrogens with one attached hydrogen (secondary N) is 4. The van der Waals surface area contributed by atoms with Crippen LogP contribution in [0.5, 0.6) is 0 Å². The first kappa shape index (κ1) is 28.8. The summed E-state index contributed by atoms with van der Waals surface area (Å²) < 4.78 is 0. The second-order valence-electron chi connectivity index (χ2n) is 9.70. The Bertz CT molecular complexity index is 1080. The summed E-state index contributed by atoms with van der Waals surface area (Å²) in [5.41, 5.74) is 7.96. The Morgan fingerprint density at radius 3 is 1.86 bits per heavy atom. The summed E-state index contributed by atoms with van der Waals surface area (Å²) in [6.45, 7) is 8.10. The van der Waals surface area contributed by atoms with Crippen LogP contribution in [0.2, 0.25) is 0 Å². The van der Waals surface area contributed by atoms with Gasteiger partial charge in [-0.25, -0.2) is 4.79 Å². The van der Waals surface area contributed by atoms with Crippen molar-refractivity contribution in [2.75, 3.05) is 0 Å². The summed E-state index contributed by atoms with van der Waals surface area (Å²) in [6.07, 6.45) is 0.722. The van der Waals surface area contributed by atoms with Crippen LogP contribution < -0.4 is 21.7 Å². The first-order chi connectivity index (χ1) is 16.8. The van der Waals surface area contributed by atoms with Crippen molar-refractivity contribution in [3.8, 4) is 0 Å². The molecule has 36 heavy (non-hydrogen) atoms. The third-order valence-corrected chi connectivity index (χ3v) is 5.99. The van der Waals surface area contributed by atoms with Gasteiger partial charge in [0.1, 0.15) is 12.1 Å². The Morgan fingerprint density at radius 2 is 1.36 bits per heavy atom. The molecule has 0 bridgehead atoms. The molecule has 11 nitrogen and oxygen atoms in total. The standard InChI is InChI=1S/C25H37N5O6/c1-12(2)19(23(33)29-20(13(3)4)24(34)30-21(14(5)31)25(35)36)28-22(32)17(26)10-15-11-27-18-9-7-6-8-16(15)18/h6-9,11-14,17,19-21,27,31H,10,26H2,1-5H3,(H,28,32)(H,29,33)(H,30,34)(H,35,36). The number of aliphatic carboxylic acids is 1. The zero-order valence-electron chi connectivity index (χ0n) is 21.2. The zero-order chi connectivity index (χ0) is 27.2. The molecule has 2 rings (SSSR count). The molecule has 0 saturated carbocycles. The highest BCUT2D eigenvalue weighted by Gasteiger charge is 2.34. The number of carbonyl (C=O) groups is 4. The lowest BCUT2D eigenvalue weighted by molar-refractivity contribution is -0.145. The number of hydrogen-bond donors (Lipinski definition) is 7. The maximum Gasteiger partial charge on any atom is 0.328 e. The van der Waals surface area contributed by atoms with Crippen molar-refractivity contribution < 1.29 is 29.4 Å². The molecule has 0 fully saturated rings. The van der Waals surface area contributed by atoms with E-state index in [-0.39, 0.29) is 12.3 Å². The van der Waals surface area contributed by atoms with E-state index in [4.69, 9.17) is 5.73 Å². The molecule has 0 spiro atoms. The first-order valence-electron chi connectivity index (χ1n) is 12.0. The molecular formula is C25H37N5O6. The molecule has 0 saturated heterocycles. The Labute approximate surface area is 210 Å². The van der Waals surface area contributed by atoms with Crippen molar-refractivity contribution in [2.24, 2.45) is 17.6 Å². The van der Waals surface area contributed by atoms with Gasteiger partial charge in [0.15, 0.2) is 6.04 Å². The fourth-order valence-corrected chi connectivity index (χ4v) is 3.84. The number of carboxylic acid groups (broad SMARTS) is 1. The Kier molecular flexibility index (Phi) is 10.00. The van der Waals surface area contributed by atoms with E-state index in [1.165, 1.54) is 6.92 Å². The van der Waals surface area contributed by atoms with Gasteiger partial charge in [0.05, 0.1) is 12.1 Å². The molecule has 0 aliphatic rings. The molecule has 8 N–H and O–H groups in total. The predicted molar refractivity (Wildman–Crippen MR) is 135 cm³/mol. The molecular weight excluding hydrogens is 466 g/mol. The average molecular weight is 504 g/mol. The Morgan fingerprint density at radius 1 is 0.861 bits per heavy atom. The molecule has 1 aromatic heterocycles. The number of H-pyrrole nitrogens is 1. The summed E-state index contributed by atoms with van der Waals surface area (Å²) in [6, 6.07) is 3.14. The van der Waals surface area contributed by atoms with Crippen molar-refractivity contribution in [2.45, 2.75) is 71.3 Å². The lowest BCUT2D eigenvalue weighted by Gasteiger charge is -2.29. The summed E-state index contributed by atoms with van der Waals surface area (Å²) in [7, 11) is 0. The monoisotopic (exact) mass is 503 g/mol. The highest BCUT2D eigenvalue weighted by Crippen LogP contribution is 2.19. The number of benzene rings is 1. The van der Waals surface area contributed by atoms with E-state index in [1.807, 2.05) is 24.3 Å². The molecule has 0 radical (unpaired) electrons. The number of aromatic amines is 1. The average Bonchev–Trinajstić information content (AvgIpc) is 3.20. The third kappa shape index (κ3) is 7.28. The van der Waals surface area contributed by atoms with Crippen molar-refractivity contribution in [1.29, 1.82) is 0 Å². The second kappa shape index (κ2) is 12.5. The summed E-state index contributed by atoms with van der Waals surface area (Å²) in [4.78, 5) is 53.2. The fraction of sp³-hybridized carbons (Fsp3) is 0.520. The van der Waals surface area contributed by atoms with Crippen LogP contribution in [0.15, 0.2) is 30.5 Å². The summed E-state index contributed by atoms with van der Waals surface area (Å²) in [5, 5.41) is 27.4. The fourth-order valence-electron chi connectivity index (χ4n) is 3.84. The van der Waals surface area contributed by atoms with Gasteiger partial charge in [0.2, 0.25) is 17.7 Å². The van der Waals surface area contributed by atoms with E-state index < -0.39 is 59.9 Å². The zero-order valence-corrected chi connectivity index (χ0v) is 21.2. The lowest BCUT2D eigenvalue weighted by atomic mass is 9.98.